The third-order valence-electron chi connectivity index (χ3n) is 4.82. The fraction of sp³-hybridized carbons (Fsp3) is 0.588. The van der Waals surface area contributed by atoms with Crippen molar-refractivity contribution in [1.82, 2.24) is 9.80 Å². The summed E-state index contributed by atoms with van der Waals surface area (Å²) in [4.78, 5) is 19.3. The lowest BCUT2D eigenvalue weighted by Crippen LogP contribution is -2.55. The molecule has 0 saturated carbocycles. The number of likely N-dealkylation sites (tertiary alicyclic amines) is 1. The Labute approximate surface area is 137 Å². The third kappa shape index (κ3) is 3.39. The Hall–Kier alpha value is -1.26. The molecule has 1 amide bonds. The van der Waals surface area contributed by atoms with Gasteiger partial charge in [0, 0.05) is 36.9 Å². The zero-order chi connectivity index (χ0) is 15.5. The Kier molecular flexibility index (Phi) is 4.89. The van der Waals surface area contributed by atoms with Crippen LogP contribution in [0.25, 0.3) is 0 Å². The molecule has 0 aromatic heterocycles. The maximum atomic E-state index is 12.7. The minimum Gasteiger partial charge on any atom is -0.368 e. The first kappa shape index (κ1) is 15.6. The summed E-state index contributed by atoms with van der Waals surface area (Å²) in [5, 5.41) is 0.764. The zero-order valence-electron chi connectivity index (χ0n) is 13.2. The Morgan fingerprint density at radius 2 is 1.91 bits per heavy atom. The van der Waals surface area contributed by atoms with Crippen LogP contribution in [0.2, 0.25) is 5.02 Å². The molecule has 0 radical (unpaired) electrons. The van der Waals surface area contributed by atoms with Crippen LogP contribution in [0, 0.1) is 0 Å². The predicted molar refractivity (Wildman–Crippen MR) is 90.5 cm³/mol. The van der Waals surface area contributed by atoms with Crippen molar-refractivity contribution in [2.24, 2.45) is 0 Å². The number of carbonyl (C=O) groups is 1. The summed E-state index contributed by atoms with van der Waals surface area (Å²) in [5.41, 5.74) is 1.15. The summed E-state index contributed by atoms with van der Waals surface area (Å²) < 4.78 is 0. The van der Waals surface area contributed by atoms with Crippen molar-refractivity contribution in [3.63, 3.8) is 0 Å². The highest BCUT2D eigenvalue weighted by molar-refractivity contribution is 6.30. The topological polar surface area (TPSA) is 26.8 Å². The monoisotopic (exact) mass is 321 g/mol. The van der Waals surface area contributed by atoms with Crippen molar-refractivity contribution in [3.05, 3.63) is 29.3 Å². The highest BCUT2D eigenvalue weighted by Crippen LogP contribution is 2.22. The number of amides is 1. The number of piperidine rings is 1. The van der Waals surface area contributed by atoms with Crippen LogP contribution in [0.1, 0.15) is 19.3 Å². The first-order valence-corrected chi connectivity index (χ1v) is 8.52. The van der Waals surface area contributed by atoms with Gasteiger partial charge in [0.2, 0.25) is 5.91 Å². The first-order valence-electron chi connectivity index (χ1n) is 8.15. The lowest BCUT2D eigenvalue weighted by atomic mass is 10.0. The molecule has 2 saturated heterocycles. The van der Waals surface area contributed by atoms with E-state index >= 15 is 0 Å². The number of hydrogen-bond donors (Lipinski definition) is 0. The molecule has 0 N–H and O–H groups in total. The van der Waals surface area contributed by atoms with Gasteiger partial charge in [-0.1, -0.05) is 24.1 Å². The molecular formula is C17H24ClN3O. The largest absolute Gasteiger partial charge is 0.368 e. The van der Waals surface area contributed by atoms with Crippen LogP contribution in [0.15, 0.2) is 24.3 Å². The summed E-state index contributed by atoms with van der Waals surface area (Å²) in [5.74, 6) is 0.313. The van der Waals surface area contributed by atoms with Crippen LogP contribution in [-0.4, -0.2) is 61.5 Å². The van der Waals surface area contributed by atoms with E-state index in [0.717, 1.165) is 49.9 Å². The molecular weight excluding hydrogens is 298 g/mol. The number of halogens is 1. The van der Waals surface area contributed by atoms with Crippen molar-refractivity contribution >= 4 is 23.2 Å². The van der Waals surface area contributed by atoms with Crippen molar-refractivity contribution < 1.29 is 4.79 Å². The number of piperazine rings is 1. The van der Waals surface area contributed by atoms with Crippen LogP contribution in [-0.2, 0) is 4.79 Å². The molecule has 2 aliphatic rings. The number of hydrogen-bond acceptors (Lipinski definition) is 3. The maximum absolute atomic E-state index is 12.7. The standard InChI is InChI=1S/C17H24ClN3O/c1-19-8-3-2-7-16(19)17(22)21-11-9-20(10-12-21)15-6-4-5-14(18)13-15/h4-6,13,16H,2-3,7-12H2,1H3. The van der Waals surface area contributed by atoms with Crippen LogP contribution in [0.3, 0.4) is 0 Å². The van der Waals surface area contributed by atoms with E-state index in [1.54, 1.807) is 0 Å². The van der Waals surface area contributed by atoms with Gasteiger partial charge in [-0.2, -0.15) is 0 Å². The molecule has 1 aromatic carbocycles. The quantitative estimate of drug-likeness (QED) is 0.837. The molecule has 5 heteroatoms. The molecule has 2 aliphatic heterocycles. The normalized spacial score (nSPS) is 23.6. The predicted octanol–water partition coefficient (Wildman–Crippen LogP) is 2.47. The van der Waals surface area contributed by atoms with Gasteiger partial charge in [-0.3, -0.25) is 9.69 Å². The van der Waals surface area contributed by atoms with E-state index < -0.39 is 0 Å². The second-order valence-corrected chi connectivity index (χ2v) is 6.72. The lowest BCUT2D eigenvalue weighted by Gasteiger charge is -2.40. The molecule has 1 unspecified atom stereocenters. The summed E-state index contributed by atoms with van der Waals surface area (Å²) in [7, 11) is 2.07. The van der Waals surface area contributed by atoms with Gasteiger partial charge in [-0.15, -0.1) is 0 Å². The molecule has 3 rings (SSSR count). The lowest BCUT2D eigenvalue weighted by molar-refractivity contribution is -0.137. The van der Waals surface area contributed by atoms with Gasteiger partial charge in [0.1, 0.15) is 0 Å². The number of nitrogens with zero attached hydrogens (tertiary/aromatic N) is 3. The second-order valence-electron chi connectivity index (χ2n) is 6.28. The van der Waals surface area contributed by atoms with E-state index in [1.807, 2.05) is 23.1 Å². The van der Waals surface area contributed by atoms with E-state index in [2.05, 4.69) is 22.9 Å². The van der Waals surface area contributed by atoms with Gasteiger partial charge in [-0.25, -0.2) is 0 Å². The van der Waals surface area contributed by atoms with Crippen molar-refractivity contribution in [2.75, 3.05) is 44.7 Å². The van der Waals surface area contributed by atoms with Crippen molar-refractivity contribution in [3.8, 4) is 0 Å². The Morgan fingerprint density at radius 3 is 2.59 bits per heavy atom. The van der Waals surface area contributed by atoms with E-state index in [0.29, 0.717) is 5.91 Å². The fourth-order valence-electron chi connectivity index (χ4n) is 3.46. The molecule has 2 heterocycles. The summed E-state index contributed by atoms with van der Waals surface area (Å²) in [6, 6.07) is 8.04. The van der Waals surface area contributed by atoms with Gasteiger partial charge in [0.15, 0.2) is 0 Å². The van der Waals surface area contributed by atoms with Crippen molar-refractivity contribution in [1.29, 1.82) is 0 Å². The molecule has 0 spiro atoms. The molecule has 0 bridgehead atoms. The molecule has 0 aliphatic carbocycles. The van der Waals surface area contributed by atoms with Gasteiger partial charge in [0.25, 0.3) is 0 Å². The van der Waals surface area contributed by atoms with E-state index in [-0.39, 0.29) is 6.04 Å². The number of anilines is 1. The smallest absolute Gasteiger partial charge is 0.240 e. The molecule has 120 valence electrons. The van der Waals surface area contributed by atoms with Gasteiger partial charge >= 0.3 is 0 Å². The molecule has 2 fully saturated rings. The van der Waals surface area contributed by atoms with Gasteiger partial charge in [-0.05, 0) is 44.6 Å². The average Bonchev–Trinajstić information content (AvgIpc) is 2.55. The van der Waals surface area contributed by atoms with Crippen molar-refractivity contribution in [2.45, 2.75) is 25.3 Å². The number of rotatable bonds is 2. The fourth-order valence-corrected chi connectivity index (χ4v) is 3.64. The summed E-state index contributed by atoms with van der Waals surface area (Å²) in [6.45, 7) is 4.40. The first-order chi connectivity index (χ1) is 10.6. The molecule has 1 atom stereocenters. The number of carbonyl (C=O) groups excluding carboxylic acids is 1. The Balaban J connectivity index is 1.58. The second kappa shape index (κ2) is 6.88. The zero-order valence-corrected chi connectivity index (χ0v) is 13.9. The van der Waals surface area contributed by atoms with E-state index in [9.17, 15) is 4.79 Å². The highest BCUT2D eigenvalue weighted by atomic mass is 35.5. The van der Waals surface area contributed by atoms with Gasteiger partial charge in [0.05, 0.1) is 6.04 Å². The van der Waals surface area contributed by atoms with E-state index in [1.165, 1.54) is 12.8 Å². The molecule has 1 aromatic rings. The molecule has 22 heavy (non-hydrogen) atoms. The van der Waals surface area contributed by atoms with Crippen LogP contribution in [0.5, 0.6) is 0 Å². The van der Waals surface area contributed by atoms with Crippen LogP contribution >= 0.6 is 11.6 Å². The SMILES string of the molecule is CN1CCCCC1C(=O)N1CCN(c2cccc(Cl)c2)CC1. The number of likely N-dealkylation sites (N-methyl/N-ethyl adjacent to an activating group) is 1. The van der Waals surface area contributed by atoms with Crippen LogP contribution in [0.4, 0.5) is 5.69 Å². The van der Waals surface area contributed by atoms with Gasteiger partial charge < -0.3 is 9.80 Å². The minimum atomic E-state index is 0.0893. The molecule has 4 nitrogen and oxygen atoms in total. The maximum Gasteiger partial charge on any atom is 0.240 e. The Bertz CT molecular complexity index is 528. The summed E-state index contributed by atoms with van der Waals surface area (Å²) in [6.07, 6.45) is 3.38. The average molecular weight is 322 g/mol. The minimum absolute atomic E-state index is 0.0893. The summed E-state index contributed by atoms with van der Waals surface area (Å²) >= 11 is 6.06. The highest BCUT2D eigenvalue weighted by Gasteiger charge is 2.31. The number of benzene rings is 1. The Morgan fingerprint density at radius 1 is 1.14 bits per heavy atom. The third-order valence-corrected chi connectivity index (χ3v) is 5.06. The van der Waals surface area contributed by atoms with E-state index in [4.69, 9.17) is 11.6 Å². The van der Waals surface area contributed by atoms with Crippen LogP contribution < -0.4 is 4.90 Å².